The number of phenols is 1. The Hall–Kier alpha value is -1.65. The van der Waals surface area contributed by atoms with Gasteiger partial charge in [-0.3, -0.25) is 0 Å². The van der Waals surface area contributed by atoms with Crippen LogP contribution in [0.4, 0.5) is 0 Å². The highest BCUT2D eigenvalue weighted by atomic mass is 35.5. The third-order valence-electron chi connectivity index (χ3n) is 3.13. The van der Waals surface area contributed by atoms with Gasteiger partial charge in [-0.1, -0.05) is 11.6 Å². The average Bonchev–Trinajstić information content (AvgIpc) is 2.85. The molecule has 20 heavy (non-hydrogen) atoms. The highest BCUT2D eigenvalue weighted by molar-refractivity contribution is 6.30. The number of nitrogens with one attached hydrogen (secondary N) is 1. The Morgan fingerprint density at radius 2 is 2.15 bits per heavy atom. The van der Waals surface area contributed by atoms with E-state index in [1.165, 1.54) is 7.11 Å². The fourth-order valence-corrected chi connectivity index (χ4v) is 2.20. The molecular weight excluding hydrogens is 278 g/mol. The van der Waals surface area contributed by atoms with E-state index in [2.05, 4.69) is 5.32 Å². The van der Waals surface area contributed by atoms with Gasteiger partial charge in [-0.25, -0.2) is 0 Å². The second kappa shape index (κ2) is 6.20. The molecule has 108 valence electrons. The summed E-state index contributed by atoms with van der Waals surface area (Å²) < 4.78 is 10.6. The number of hydrogen-bond donors (Lipinski definition) is 2. The fraction of sp³-hybridized carbons (Fsp3) is 0.333. The third kappa shape index (κ3) is 3.26. The van der Waals surface area contributed by atoms with Crippen LogP contribution in [0, 0.1) is 6.92 Å². The van der Waals surface area contributed by atoms with Crippen molar-refractivity contribution in [2.45, 2.75) is 26.4 Å². The number of ether oxygens (including phenoxy) is 1. The Labute approximate surface area is 123 Å². The Morgan fingerprint density at radius 3 is 2.75 bits per heavy atom. The van der Waals surface area contributed by atoms with E-state index < -0.39 is 0 Å². The minimum Gasteiger partial charge on any atom is -0.504 e. The van der Waals surface area contributed by atoms with E-state index in [0.29, 0.717) is 22.9 Å². The molecule has 0 aliphatic heterocycles. The van der Waals surface area contributed by atoms with Crippen molar-refractivity contribution in [1.82, 2.24) is 5.32 Å². The number of halogens is 1. The second-order valence-corrected chi connectivity index (χ2v) is 5.10. The minimum atomic E-state index is 0.0353. The van der Waals surface area contributed by atoms with Crippen molar-refractivity contribution < 1.29 is 14.3 Å². The van der Waals surface area contributed by atoms with Crippen molar-refractivity contribution in [1.29, 1.82) is 0 Å². The number of aryl methyl sites for hydroxylation is 1. The zero-order valence-electron chi connectivity index (χ0n) is 11.7. The number of methoxy groups -OCH3 is 1. The summed E-state index contributed by atoms with van der Waals surface area (Å²) in [5.74, 6) is 2.21. The van der Waals surface area contributed by atoms with Gasteiger partial charge < -0.3 is 19.6 Å². The van der Waals surface area contributed by atoms with Gasteiger partial charge in [0.2, 0.25) is 0 Å². The molecule has 0 aliphatic rings. The average molecular weight is 296 g/mol. The molecule has 0 bridgehead atoms. The fourth-order valence-electron chi connectivity index (χ4n) is 1.97. The molecule has 0 spiro atoms. The summed E-state index contributed by atoms with van der Waals surface area (Å²) in [6.45, 7) is 4.37. The molecular formula is C15H18ClNO3. The van der Waals surface area contributed by atoms with E-state index in [9.17, 15) is 5.11 Å². The first-order valence-electron chi connectivity index (χ1n) is 6.36. The van der Waals surface area contributed by atoms with Gasteiger partial charge in [0.05, 0.1) is 13.2 Å². The Balaban J connectivity index is 2.09. The number of phenolic OH excluding ortho intramolecular Hbond substituents is 1. The summed E-state index contributed by atoms with van der Waals surface area (Å²) in [5.41, 5.74) is 0.685. The van der Waals surface area contributed by atoms with Crippen LogP contribution in [0.15, 0.2) is 28.7 Å². The molecule has 0 fully saturated rings. The minimum absolute atomic E-state index is 0.0353. The molecule has 5 heteroatoms. The van der Waals surface area contributed by atoms with Crippen LogP contribution in [0.25, 0.3) is 0 Å². The molecule has 1 atom stereocenters. The smallest absolute Gasteiger partial charge is 0.162 e. The summed E-state index contributed by atoms with van der Waals surface area (Å²) in [5, 5.41) is 13.9. The summed E-state index contributed by atoms with van der Waals surface area (Å²) >= 11 is 6.00. The molecule has 0 aliphatic carbocycles. The second-order valence-electron chi connectivity index (χ2n) is 4.67. The van der Waals surface area contributed by atoms with Gasteiger partial charge in [0.15, 0.2) is 11.5 Å². The molecule has 0 amide bonds. The van der Waals surface area contributed by atoms with Crippen molar-refractivity contribution >= 4 is 11.6 Å². The van der Waals surface area contributed by atoms with E-state index in [4.69, 9.17) is 20.8 Å². The molecule has 0 saturated carbocycles. The third-order valence-corrected chi connectivity index (χ3v) is 3.34. The SMILES string of the molecule is COc1cc(Cl)cc(CNC(C)c2ccc(C)o2)c1O. The molecule has 2 aromatic rings. The zero-order chi connectivity index (χ0) is 14.7. The van der Waals surface area contributed by atoms with Crippen LogP contribution >= 0.6 is 11.6 Å². The molecule has 2 N–H and O–H groups in total. The van der Waals surface area contributed by atoms with E-state index in [-0.39, 0.29) is 11.8 Å². The maximum Gasteiger partial charge on any atom is 0.162 e. The van der Waals surface area contributed by atoms with E-state index in [0.717, 1.165) is 11.5 Å². The van der Waals surface area contributed by atoms with Gasteiger partial charge in [-0.05, 0) is 32.0 Å². The van der Waals surface area contributed by atoms with E-state index in [1.807, 2.05) is 26.0 Å². The number of rotatable bonds is 5. The maximum atomic E-state index is 10.1. The van der Waals surface area contributed by atoms with Crippen LogP contribution in [0.2, 0.25) is 5.02 Å². The van der Waals surface area contributed by atoms with Gasteiger partial charge >= 0.3 is 0 Å². The van der Waals surface area contributed by atoms with Crippen molar-refractivity contribution in [3.8, 4) is 11.5 Å². The lowest BCUT2D eigenvalue weighted by Crippen LogP contribution is -2.17. The number of aromatic hydroxyl groups is 1. The Bertz CT molecular complexity index is 595. The van der Waals surface area contributed by atoms with Crippen LogP contribution in [-0.2, 0) is 6.54 Å². The summed E-state index contributed by atoms with van der Waals surface area (Å²) in [4.78, 5) is 0. The number of furan rings is 1. The lowest BCUT2D eigenvalue weighted by Gasteiger charge is -2.14. The monoisotopic (exact) mass is 295 g/mol. The summed E-state index contributed by atoms with van der Waals surface area (Å²) in [6, 6.07) is 7.19. The van der Waals surface area contributed by atoms with Crippen LogP contribution in [-0.4, -0.2) is 12.2 Å². The van der Waals surface area contributed by atoms with Gasteiger partial charge in [0.25, 0.3) is 0 Å². The standard InChI is InChI=1S/C15H18ClNO3/c1-9-4-5-13(20-9)10(2)17-8-11-6-12(16)7-14(19-3)15(11)18/h4-7,10,17-18H,8H2,1-3H3. The molecule has 1 aromatic carbocycles. The predicted octanol–water partition coefficient (Wildman–Crippen LogP) is 3.81. The largest absolute Gasteiger partial charge is 0.504 e. The van der Waals surface area contributed by atoms with Crippen molar-refractivity contribution in [3.63, 3.8) is 0 Å². The topological polar surface area (TPSA) is 54.6 Å². The lowest BCUT2D eigenvalue weighted by molar-refractivity contribution is 0.367. The van der Waals surface area contributed by atoms with Gasteiger partial charge in [-0.2, -0.15) is 0 Å². The highest BCUT2D eigenvalue weighted by Crippen LogP contribution is 2.33. The van der Waals surface area contributed by atoms with Crippen LogP contribution < -0.4 is 10.1 Å². The Morgan fingerprint density at radius 1 is 1.40 bits per heavy atom. The molecule has 1 unspecified atom stereocenters. The summed E-state index contributed by atoms with van der Waals surface area (Å²) in [7, 11) is 1.50. The van der Waals surface area contributed by atoms with Crippen LogP contribution in [0.5, 0.6) is 11.5 Å². The number of benzene rings is 1. The van der Waals surface area contributed by atoms with Gasteiger partial charge in [0.1, 0.15) is 11.5 Å². The number of hydrogen-bond acceptors (Lipinski definition) is 4. The Kier molecular flexibility index (Phi) is 4.57. The first-order chi connectivity index (χ1) is 9.51. The quantitative estimate of drug-likeness (QED) is 0.881. The normalized spacial score (nSPS) is 12.4. The highest BCUT2D eigenvalue weighted by Gasteiger charge is 2.13. The summed E-state index contributed by atoms with van der Waals surface area (Å²) in [6.07, 6.45) is 0. The van der Waals surface area contributed by atoms with Crippen LogP contribution in [0.3, 0.4) is 0 Å². The predicted molar refractivity (Wildman–Crippen MR) is 78.4 cm³/mol. The van der Waals surface area contributed by atoms with Crippen molar-refractivity contribution in [3.05, 3.63) is 46.4 Å². The van der Waals surface area contributed by atoms with Gasteiger partial charge in [-0.15, -0.1) is 0 Å². The molecule has 0 saturated heterocycles. The van der Waals surface area contributed by atoms with Crippen molar-refractivity contribution in [2.75, 3.05) is 7.11 Å². The van der Waals surface area contributed by atoms with Gasteiger partial charge in [0, 0.05) is 23.2 Å². The zero-order valence-corrected chi connectivity index (χ0v) is 12.5. The molecule has 4 nitrogen and oxygen atoms in total. The molecule has 1 aromatic heterocycles. The van der Waals surface area contributed by atoms with E-state index in [1.54, 1.807) is 12.1 Å². The van der Waals surface area contributed by atoms with Crippen LogP contribution in [0.1, 0.15) is 30.0 Å². The molecule has 0 radical (unpaired) electrons. The lowest BCUT2D eigenvalue weighted by atomic mass is 10.1. The maximum absolute atomic E-state index is 10.1. The first kappa shape index (κ1) is 14.8. The first-order valence-corrected chi connectivity index (χ1v) is 6.74. The van der Waals surface area contributed by atoms with Crippen molar-refractivity contribution in [2.24, 2.45) is 0 Å². The molecule has 2 rings (SSSR count). The van der Waals surface area contributed by atoms with E-state index >= 15 is 0 Å². The molecule has 1 heterocycles.